The Balaban J connectivity index is 0.000000307. The lowest BCUT2D eigenvalue weighted by Gasteiger charge is -2.39. The summed E-state index contributed by atoms with van der Waals surface area (Å²) in [6, 6.07) is 0. The van der Waals surface area contributed by atoms with E-state index in [0.717, 1.165) is 64.5 Å². The molecule has 0 spiro atoms. The van der Waals surface area contributed by atoms with Crippen LogP contribution in [0.2, 0.25) is 0 Å². The van der Waals surface area contributed by atoms with Crippen LogP contribution >= 0.6 is 0 Å². The summed E-state index contributed by atoms with van der Waals surface area (Å²) < 4.78 is 5.16. The monoisotopic (exact) mass is 658 g/mol. The quantitative estimate of drug-likeness (QED) is 0.241. The van der Waals surface area contributed by atoms with Gasteiger partial charge in [0.2, 0.25) is 0 Å². The topological polar surface area (TPSA) is 117 Å². The Morgan fingerprint density at radius 2 is 1.28 bits per heavy atom. The summed E-state index contributed by atoms with van der Waals surface area (Å²) in [5.74, 6) is 2.23. The average Bonchev–Trinajstić information content (AvgIpc) is 2.93. The number of aliphatic hydroxyl groups excluding tert-OH is 4. The van der Waals surface area contributed by atoms with Gasteiger partial charge in [0.1, 0.15) is 0 Å². The molecule has 0 amide bonds. The number of ether oxygens (including phenoxy) is 1. The molecule has 0 saturated carbocycles. The molecule has 0 aromatic carbocycles. The van der Waals surface area contributed by atoms with Gasteiger partial charge in [-0.3, -0.25) is 0 Å². The van der Waals surface area contributed by atoms with Gasteiger partial charge in [0.25, 0.3) is 0 Å². The van der Waals surface area contributed by atoms with E-state index in [4.69, 9.17) is 9.84 Å². The van der Waals surface area contributed by atoms with Crippen LogP contribution in [0.1, 0.15) is 115 Å². The van der Waals surface area contributed by atoms with E-state index in [2.05, 4.69) is 98.6 Å². The molecule has 4 heterocycles. The van der Waals surface area contributed by atoms with Crippen LogP contribution in [-0.4, -0.2) is 109 Å². The van der Waals surface area contributed by atoms with Crippen LogP contribution in [0.15, 0.2) is 0 Å². The van der Waals surface area contributed by atoms with Crippen molar-refractivity contribution in [3.05, 3.63) is 0 Å². The van der Waals surface area contributed by atoms with Crippen molar-refractivity contribution in [3.63, 3.8) is 0 Å². The van der Waals surface area contributed by atoms with Crippen molar-refractivity contribution < 1.29 is 25.2 Å². The molecule has 0 bridgehead atoms. The lowest BCUT2D eigenvalue weighted by atomic mass is 9.75. The number of nitrogens with zero attached hydrogens (tertiary/aromatic N) is 1. The largest absolute Gasteiger partial charge is 0.395 e. The Morgan fingerprint density at radius 1 is 0.674 bits per heavy atom. The van der Waals surface area contributed by atoms with Crippen molar-refractivity contribution in [2.75, 3.05) is 65.6 Å². The molecule has 7 atom stereocenters. The highest BCUT2D eigenvalue weighted by atomic mass is 16.5. The molecule has 0 aliphatic carbocycles. The van der Waals surface area contributed by atoms with Crippen LogP contribution < -0.4 is 10.6 Å². The third kappa shape index (κ3) is 16.9. The summed E-state index contributed by atoms with van der Waals surface area (Å²) in [5.41, 5.74) is 1.19. The van der Waals surface area contributed by atoms with Crippen LogP contribution in [0.3, 0.4) is 0 Å². The molecule has 6 N–H and O–H groups in total. The van der Waals surface area contributed by atoms with E-state index in [1.165, 1.54) is 25.9 Å². The summed E-state index contributed by atoms with van der Waals surface area (Å²) in [5, 5.41) is 44.0. The van der Waals surface area contributed by atoms with E-state index in [1.807, 2.05) is 0 Å². The minimum atomic E-state index is -0.260. The molecule has 0 radical (unpaired) electrons. The van der Waals surface area contributed by atoms with E-state index in [1.54, 1.807) is 0 Å². The standard InChI is InChI=1S/C11H23NO.2C9H19NO.C9H18O2/c1-11(2,3)10-5-4-6-12(9-10)7-8-13;1-9(2,3)7-4-8(11)6-10-5-7;1-9(2,3)7-6-10-5-4-8(7)11;1-9(2,3)7-4-5-11-6-8(7)10/h10,13H,4-9H2,1-3H3;2*7-8,10-11H,4-6H2,1-3H3;7-8,10H,4-6H2,1-3H3. The number of β-amino-alcohol motifs (C(OH)–C–C–N with tert-alkyl or cyclic N) is 2. The van der Waals surface area contributed by atoms with E-state index >= 15 is 0 Å². The molecule has 4 saturated heterocycles. The Kier molecular flexibility index (Phi) is 18.8. The van der Waals surface area contributed by atoms with E-state index in [-0.39, 0.29) is 29.1 Å². The molecule has 8 heteroatoms. The summed E-state index contributed by atoms with van der Waals surface area (Å²) in [6.07, 6.45) is 5.00. The third-order valence-electron chi connectivity index (χ3n) is 10.7. The highest BCUT2D eigenvalue weighted by Crippen LogP contribution is 2.35. The molecule has 7 unspecified atom stereocenters. The predicted molar refractivity (Wildman–Crippen MR) is 193 cm³/mol. The van der Waals surface area contributed by atoms with Crippen molar-refractivity contribution in [3.8, 4) is 0 Å². The summed E-state index contributed by atoms with van der Waals surface area (Å²) in [6.45, 7) is 35.3. The van der Waals surface area contributed by atoms with Gasteiger partial charge in [0, 0.05) is 38.7 Å². The zero-order chi connectivity index (χ0) is 35.3. The summed E-state index contributed by atoms with van der Waals surface area (Å²) >= 11 is 0. The number of nitrogens with one attached hydrogen (secondary N) is 2. The van der Waals surface area contributed by atoms with E-state index in [9.17, 15) is 15.3 Å². The van der Waals surface area contributed by atoms with Crippen molar-refractivity contribution in [1.82, 2.24) is 15.5 Å². The number of hydrogen-bond acceptors (Lipinski definition) is 8. The first-order valence-corrected chi connectivity index (χ1v) is 18.4. The van der Waals surface area contributed by atoms with Crippen LogP contribution in [0.5, 0.6) is 0 Å². The van der Waals surface area contributed by atoms with Gasteiger partial charge in [-0.1, -0.05) is 83.1 Å². The molecule has 0 aromatic heterocycles. The lowest BCUT2D eigenvalue weighted by Crippen LogP contribution is -2.45. The molecular weight excluding hydrogens is 578 g/mol. The number of aliphatic hydroxyl groups is 4. The predicted octanol–water partition coefficient (Wildman–Crippen LogP) is 5.17. The Labute approximate surface area is 284 Å². The maximum Gasteiger partial charge on any atom is 0.0807 e. The Morgan fingerprint density at radius 3 is 1.70 bits per heavy atom. The fourth-order valence-electron chi connectivity index (χ4n) is 7.15. The van der Waals surface area contributed by atoms with Gasteiger partial charge in [0.15, 0.2) is 0 Å². The number of piperidine rings is 3. The second kappa shape index (κ2) is 19.8. The van der Waals surface area contributed by atoms with Crippen LogP contribution in [0.4, 0.5) is 0 Å². The minimum Gasteiger partial charge on any atom is -0.395 e. The smallest absolute Gasteiger partial charge is 0.0807 e. The first kappa shape index (κ1) is 43.7. The fraction of sp³-hybridized carbons (Fsp3) is 1.00. The number of rotatable bonds is 2. The second-order valence-corrected chi connectivity index (χ2v) is 18.8. The van der Waals surface area contributed by atoms with Gasteiger partial charge in [-0.15, -0.1) is 0 Å². The second-order valence-electron chi connectivity index (χ2n) is 18.8. The molecule has 4 rings (SSSR count). The van der Waals surface area contributed by atoms with Crippen LogP contribution in [0.25, 0.3) is 0 Å². The molecule has 276 valence electrons. The van der Waals surface area contributed by atoms with E-state index in [0.29, 0.717) is 41.8 Å². The molecule has 8 nitrogen and oxygen atoms in total. The van der Waals surface area contributed by atoms with Crippen molar-refractivity contribution in [1.29, 1.82) is 0 Å². The van der Waals surface area contributed by atoms with Gasteiger partial charge >= 0.3 is 0 Å². The molecule has 4 fully saturated rings. The van der Waals surface area contributed by atoms with Crippen molar-refractivity contribution in [2.45, 2.75) is 134 Å². The first-order chi connectivity index (χ1) is 21.1. The molecule has 4 aliphatic heterocycles. The SMILES string of the molecule is CC(C)(C)C1CCCN(CCO)C1.CC(C)(C)C1CCOCC1O.CC(C)(C)C1CNCC(O)C1.CC(C)(C)C1CNCCC1O. The Bertz CT molecular complexity index is 764. The minimum absolute atomic E-state index is 0.101. The number of likely N-dealkylation sites (tertiary alicyclic amines) is 1. The normalized spacial score (nSPS) is 31.7. The molecule has 0 aromatic rings. The highest BCUT2D eigenvalue weighted by Gasteiger charge is 2.34. The van der Waals surface area contributed by atoms with Gasteiger partial charge in [-0.25, -0.2) is 0 Å². The first-order valence-electron chi connectivity index (χ1n) is 18.4. The number of hydrogen-bond donors (Lipinski definition) is 6. The zero-order valence-corrected chi connectivity index (χ0v) is 32.3. The zero-order valence-electron chi connectivity index (χ0n) is 32.3. The van der Waals surface area contributed by atoms with Gasteiger partial charge in [0.05, 0.1) is 31.5 Å². The van der Waals surface area contributed by atoms with Gasteiger partial charge in [-0.2, -0.15) is 0 Å². The summed E-state index contributed by atoms with van der Waals surface area (Å²) in [4.78, 5) is 2.39. The van der Waals surface area contributed by atoms with E-state index < -0.39 is 0 Å². The fourth-order valence-corrected chi connectivity index (χ4v) is 7.15. The molecule has 46 heavy (non-hydrogen) atoms. The van der Waals surface area contributed by atoms with Gasteiger partial charge in [-0.05, 0) is 91.2 Å². The molecular formula is C38H79N3O5. The maximum absolute atomic E-state index is 9.66. The highest BCUT2D eigenvalue weighted by molar-refractivity contribution is 4.86. The summed E-state index contributed by atoms with van der Waals surface area (Å²) in [7, 11) is 0. The van der Waals surface area contributed by atoms with Crippen LogP contribution in [-0.2, 0) is 4.74 Å². The van der Waals surface area contributed by atoms with Crippen LogP contribution in [0, 0.1) is 45.3 Å². The van der Waals surface area contributed by atoms with Crippen molar-refractivity contribution in [2.24, 2.45) is 45.3 Å². The Hall–Kier alpha value is -0.320. The van der Waals surface area contributed by atoms with Crippen molar-refractivity contribution >= 4 is 0 Å². The molecule has 4 aliphatic rings. The maximum atomic E-state index is 9.66. The third-order valence-corrected chi connectivity index (χ3v) is 10.7. The lowest BCUT2D eigenvalue weighted by molar-refractivity contribution is -0.0765. The van der Waals surface area contributed by atoms with Gasteiger partial charge < -0.3 is 40.7 Å². The average molecular weight is 658 g/mol.